The number of aromatic nitrogens is 1. The zero-order chi connectivity index (χ0) is 12.7. The van der Waals surface area contributed by atoms with E-state index in [-0.39, 0.29) is 6.10 Å². The van der Waals surface area contributed by atoms with Crippen molar-refractivity contribution < 1.29 is 13.8 Å². The van der Waals surface area contributed by atoms with Crippen LogP contribution in [0.4, 0.5) is 0 Å². The predicted molar refractivity (Wildman–Crippen MR) is 71.1 cm³/mol. The number of aliphatic hydroxyl groups excluding tert-OH is 1. The van der Waals surface area contributed by atoms with E-state index in [0.717, 1.165) is 18.7 Å². The normalized spacial score (nSPS) is 12.8. The Morgan fingerprint density at radius 2 is 2.12 bits per heavy atom. The molecule has 0 aliphatic rings. The second-order valence-electron chi connectivity index (χ2n) is 4.48. The molecule has 1 unspecified atom stereocenters. The molecule has 1 heterocycles. The summed E-state index contributed by atoms with van der Waals surface area (Å²) in [6.45, 7) is 4.68. The van der Waals surface area contributed by atoms with Crippen LogP contribution in [0.3, 0.4) is 0 Å². The third-order valence-electron chi connectivity index (χ3n) is 2.49. The van der Waals surface area contributed by atoms with Crippen LogP contribution in [-0.4, -0.2) is 24.1 Å². The van der Waals surface area contributed by atoms with Gasteiger partial charge in [0, 0.05) is 12.3 Å². The molecule has 0 saturated heterocycles. The second kappa shape index (κ2) is 7.56. The molecule has 1 aromatic rings. The molecule has 96 valence electrons. The quantitative estimate of drug-likeness (QED) is 0.760. The predicted octanol–water partition coefficient (Wildman–Crippen LogP) is 2.28. The Morgan fingerprint density at radius 1 is 1.35 bits per heavy atom. The minimum Gasteiger partial charge on any atom is -0.441 e. The van der Waals surface area contributed by atoms with Gasteiger partial charge in [0.1, 0.15) is 6.61 Å². The van der Waals surface area contributed by atoms with Crippen molar-refractivity contribution in [2.24, 2.45) is 5.92 Å². The van der Waals surface area contributed by atoms with Crippen molar-refractivity contribution in [3.05, 3.63) is 24.4 Å². The van der Waals surface area contributed by atoms with Gasteiger partial charge in [-0.2, -0.15) is 0 Å². The molecule has 17 heavy (non-hydrogen) atoms. The van der Waals surface area contributed by atoms with Gasteiger partial charge < -0.3 is 9.84 Å². The number of hydrogen-bond donors (Lipinski definition) is 1. The van der Waals surface area contributed by atoms with Gasteiger partial charge in [-0.1, -0.05) is 17.8 Å². The lowest BCUT2D eigenvalue weighted by Crippen LogP contribution is -2.29. The Labute approximate surface area is 108 Å². The molecule has 0 aliphatic heterocycles. The first kappa shape index (κ1) is 14.3. The van der Waals surface area contributed by atoms with E-state index in [0.29, 0.717) is 12.5 Å². The van der Waals surface area contributed by atoms with E-state index in [2.05, 4.69) is 13.8 Å². The Hall–Kier alpha value is -0.740. The third-order valence-corrected chi connectivity index (χ3v) is 3.18. The summed E-state index contributed by atoms with van der Waals surface area (Å²) >= 11 is 1.58. The fourth-order valence-corrected chi connectivity index (χ4v) is 1.95. The van der Waals surface area contributed by atoms with Crippen LogP contribution in [0.25, 0.3) is 0 Å². The molecule has 0 aliphatic carbocycles. The molecule has 0 saturated carbocycles. The third kappa shape index (κ3) is 5.41. The number of nitrogens with zero attached hydrogens (tertiary/aromatic N) is 1. The van der Waals surface area contributed by atoms with Crippen LogP contribution < -0.4 is 8.71 Å². The fraction of sp³-hybridized carbons (Fsp3) is 0.615. The molecule has 0 fully saturated rings. The summed E-state index contributed by atoms with van der Waals surface area (Å²) in [6.07, 6.45) is 5.38. The monoisotopic (exact) mass is 256 g/mol. The summed E-state index contributed by atoms with van der Waals surface area (Å²) in [6, 6.07) is 5.80. The van der Waals surface area contributed by atoms with Gasteiger partial charge in [0.25, 0.3) is 0 Å². The molecule has 1 aromatic heterocycles. The molecule has 1 N–H and O–H groups in total. The van der Waals surface area contributed by atoms with Crippen LogP contribution in [0.2, 0.25) is 0 Å². The van der Waals surface area contributed by atoms with Crippen LogP contribution >= 0.6 is 11.9 Å². The molecule has 4 heteroatoms. The topological polar surface area (TPSA) is 33.3 Å². The van der Waals surface area contributed by atoms with E-state index in [4.69, 9.17) is 4.74 Å². The van der Waals surface area contributed by atoms with Gasteiger partial charge in [0.2, 0.25) is 0 Å². The van der Waals surface area contributed by atoms with Crippen molar-refractivity contribution in [1.82, 2.24) is 0 Å². The van der Waals surface area contributed by atoms with Gasteiger partial charge in [-0.25, -0.2) is 0 Å². The van der Waals surface area contributed by atoms with Crippen molar-refractivity contribution in [2.75, 3.05) is 12.9 Å². The molecule has 0 amide bonds. The summed E-state index contributed by atoms with van der Waals surface area (Å²) in [5.74, 6) is 1.40. The number of rotatable bonds is 7. The second-order valence-corrected chi connectivity index (χ2v) is 5.24. The van der Waals surface area contributed by atoms with Crippen LogP contribution in [0.1, 0.15) is 26.7 Å². The van der Waals surface area contributed by atoms with Crippen LogP contribution in [-0.2, 0) is 0 Å². The highest BCUT2D eigenvalue weighted by Crippen LogP contribution is 2.09. The fourth-order valence-electron chi connectivity index (χ4n) is 1.47. The van der Waals surface area contributed by atoms with E-state index < -0.39 is 0 Å². The molecule has 0 radical (unpaired) electrons. The van der Waals surface area contributed by atoms with Crippen molar-refractivity contribution in [1.29, 1.82) is 0 Å². The molecule has 0 spiro atoms. The average molecular weight is 256 g/mol. The zero-order valence-electron chi connectivity index (χ0n) is 10.8. The van der Waals surface area contributed by atoms with Crippen LogP contribution in [0, 0.1) is 5.92 Å². The molecule has 1 atom stereocenters. The largest absolute Gasteiger partial charge is 0.441 e. The van der Waals surface area contributed by atoms with Crippen molar-refractivity contribution in [3.8, 4) is 5.88 Å². The van der Waals surface area contributed by atoms with E-state index in [9.17, 15) is 5.11 Å². The maximum absolute atomic E-state index is 9.78. The van der Waals surface area contributed by atoms with Crippen LogP contribution in [0.5, 0.6) is 5.88 Å². The Balaban J connectivity index is 2.39. The first-order chi connectivity index (χ1) is 8.13. The maximum atomic E-state index is 9.78. The van der Waals surface area contributed by atoms with Gasteiger partial charge in [-0.15, -0.1) is 0 Å². The molecule has 0 bridgehead atoms. The molecule has 0 aromatic carbocycles. The number of aliphatic hydroxyl groups is 1. The van der Waals surface area contributed by atoms with E-state index in [1.165, 1.54) is 0 Å². The van der Waals surface area contributed by atoms with Gasteiger partial charge in [-0.3, -0.25) is 0 Å². The summed E-state index contributed by atoms with van der Waals surface area (Å²) in [7, 11) is 0. The lowest BCUT2D eigenvalue weighted by atomic mass is 10.1. The maximum Gasteiger partial charge on any atom is 0.381 e. The first-order valence-electron chi connectivity index (χ1n) is 5.99. The van der Waals surface area contributed by atoms with Gasteiger partial charge in [0.15, 0.2) is 18.1 Å². The summed E-state index contributed by atoms with van der Waals surface area (Å²) in [4.78, 5) is 0. The molecular formula is C13H22NO2S+. The molecule has 3 nitrogen and oxygen atoms in total. The Kier molecular flexibility index (Phi) is 6.37. The lowest BCUT2D eigenvalue weighted by molar-refractivity contribution is -0.505. The average Bonchev–Trinajstić information content (AvgIpc) is 2.34. The summed E-state index contributed by atoms with van der Waals surface area (Å²) < 4.78 is 7.55. The molecular weight excluding hydrogens is 234 g/mol. The van der Waals surface area contributed by atoms with Crippen molar-refractivity contribution in [2.45, 2.75) is 32.8 Å². The van der Waals surface area contributed by atoms with Gasteiger partial charge in [-0.05, 0) is 24.8 Å². The van der Waals surface area contributed by atoms with Gasteiger partial charge >= 0.3 is 5.88 Å². The summed E-state index contributed by atoms with van der Waals surface area (Å²) in [5, 5.41) is 9.78. The van der Waals surface area contributed by atoms with E-state index in [1.807, 2.05) is 34.6 Å². The Bertz CT molecular complexity index is 331. The minimum atomic E-state index is -0.382. The van der Waals surface area contributed by atoms with Crippen LogP contribution in [0.15, 0.2) is 24.4 Å². The number of hydrogen-bond acceptors (Lipinski definition) is 3. The SMILES string of the molecule is CS[n+]1ccccc1OCC(O)CCC(C)C. The molecule has 1 rings (SSSR count). The number of ether oxygens (including phenoxy) is 1. The van der Waals surface area contributed by atoms with Gasteiger partial charge in [0.05, 0.1) is 12.2 Å². The minimum absolute atomic E-state index is 0.358. The van der Waals surface area contributed by atoms with E-state index >= 15 is 0 Å². The Morgan fingerprint density at radius 3 is 2.76 bits per heavy atom. The first-order valence-corrected chi connectivity index (χ1v) is 7.17. The van der Waals surface area contributed by atoms with Crippen molar-refractivity contribution in [3.63, 3.8) is 0 Å². The number of pyridine rings is 1. The highest BCUT2D eigenvalue weighted by atomic mass is 32.2. The highest BCUT2D eigenvalue weighted by Gasteiger charge is 2.13. The van der Waals surface area contributed by atoms with E-state index in [1.54, 1.807) is 11.9 Å². The lowest BCUT2D eigenvalue weighted by Gasteiger charge is -2.11. The smallest absolute Gasteiger partial charge is 0.381 e. The standard InChI is InChI=1S/C13H22NO2S/c1-11(2)7-8-12(15)10-16-13-6-4-5-9-14(13)17-3/h4-6,9,11-12,15H,7-8,10H2,1-3H3/q+1. The zero-order valence-corrected chi connectivity index (χ0v) is 11.6. The van der Waals surface area contributed by atoms with Crippen molar-refractivity contribution >= 4 is 11.9 Å². The highest BCUT2D eigenvalue weighted by molar-refractivity contribution is 7.92. The summed E-state index contributed by atoms with van der Waals surface area (Å²) in [5.41, 5.74) is 0.